The van der Waals surface area contributed by atoms with Crippen LogP contribution in [0.2, 0.25) is 0 Å². The van der Waals surface area contributed by atoms with Crippen LogP contribution in [0.5, 0.6) is 0 Å². The number of likely N-dealkylation sites (tertiary alicyclic amines) is 1. The second-order valence-corrected chi connectivity index (χ2v) is 6.29. The molecule has 1 saturated heterocycles. The van der Waals surface area contributed by atoms with Crippen molar-refractivity contribution in [2.75, 3.05) is 13.1 Å². The first-order valence-electron chi connectivity index (χ1n) is 8.33. The molecule has 1 aliphatic rings. The van der Waals surface area contributed by atoms with Crippen LogP contribution in [0.15, 0.2) is 30.3 Å². The number of hydrogen-bond donors (Lipinski definition) is 1. The molecule has 1 aliphatic heterocycles. The fourth-order valence-corrected chi connectivity index (χ4v) is 2.96. The molecule has 126 valence electrons. The Balaban J connectivity index is 1.81. The number of amides is 2. The Bertz CT molecular complexity index is 518. The molecule has 0 radical (unpaired) electrons. The molecular weight excluding hydrogens is 292 g/mol. The molecule has 1 N–H and O–H groups in total. The van der Waals surface area contributed by atoms with E-state index < -0.39 is 6.09 Å². The van der Waals surface area contributed by atoms with E-state index in [0.29, 0.717) is 18.9 Å². The van der Waals surface area contributed by atoms with Crippen LogP contribution >= 0.6 is 0 Å². The zero-order valence-electron chi connectivity index (χ0n) is 14.0. The smallest absolute Gasteiger partial charge is 0.407 e. The molecule has 2 unspecified atom stereocenters. The maximum absolute atomic E-state index is 12.1. The maximum Gasteiger partial charge on any atom is 0.407 e. The maximum atomic E-state index is 12.1. The monoisotopic (exact) mass is 318 g/mol. The van der Waals surface area contributed by atoms with Gasteiger partial charge in [0.25, 0.3) is 0 Å². The highest BCUT2D eigenvalue weighted by Gasteiger charge is 2.28. The summed E-state index contributed by atoms with van der Waals surface area (Å²) >= 11 is 0. The van der Waals surface area contributed by atoms with Crippen molar-refractivity contribution in [3.8, 4) is 0 Å². The van der Waals surface area contributed by atoms with Crippen molar-refractivity contribution in [1.29, 1.82) is 0 Å². The predicted octanol–water partition coefficient (Wildman–Crippen LogP) is 2.95. The normalized spacial score (nSPS) is 20.9. The quantitative estimate of drug-likeness (QED) is 0.908. The lowest BCUT2D eigenvalue weighted by molar-refractivity contribution is -0.133. The second kappa shape index (κ2) is 8.56. The first kappa shape index (κ1) is 17.3. The van der Waals surface area contributed by atoms with Crippen molar-refractivity contribution >= 4 is 12.0 Å². The van der Waals surface area contributed by atoms with E-state index >= 15 is 0 Å². The average molecular weight is 318 g/mol. The van der Waals surface area contributed by atoms with Crippen LogP contribution in [0.4, 0.5) is 4.79 Å². The Morgan fingerprint density at radius 2 is 2.00 bits per heavy atom. The topological polar surface area (TPSA) is 58.6 Å². The van der Waals surface area contributed by atoms with Gasteiger partial charge < -0.3 is 15.0 Å². The van der Waals surface area contributed by atoms with Gasteiger partial charge in [0.05, 0.1) is 6.04 Å². The first-order valence-corrected chi connectivity index (χ1v) is 8.33. The lowest BCUT2D eigenvalue weighted by Crippen LogP contribution is -2.52. The zero-order chi connectivity index (χ0) is 16.7. The molecule has 1 fully saturated rings. The van der Waals surface area contributed by atoms with Crippen LogP contribution in [0.3, 0.4) is 0 Å². The highest BCUT2D eigenvalue weighted by Crippen LogP contribution is 2.17. The Kier molecular flexibility index (Phi) is 6.44. The Morgan fingerprint density at radius 1 is 1.26 bits per heavy atom. The number of piperidine rings is 1. The summed E-state index contributed by atoms with van der Waals surface area (Å²) in [6.07, 6.45) is 1.87. The van der Waals surface area contributed by atoms with Gasteiger partial charge in [-0.15, -0.1) is 0 Å². The third kappa shape index (κ3) is 5.58. The van der Waals surface area contributed by atoms with Gasteiger partial charge in [-0.2, -0.15) is 0 Å². The Hall–Kier alpha value is -2.04. The van der Waals surface area contributed by atoms with E-state index in [9.17, 15) is 9.59 Å². The molecular formula is C18H26N2O3. The summed E-state index contributed by atoms with van der Waals surface area (Å²) in [5.74, 6) is 0.549. The third-order valence-corrected chi connectivity index (χ3v) is 4.01. The van der Waals surface area contributed by atoms with Crippen molar-refractivity contribution in [2.45, 2.75) is 45.8 Å². The number of nitrogens with zero attached hydrogens (tertiary/aromatic N) is 1. The average Bonchev–Trinajstić information content (AvgIpc) is 2.53. The van der Waals surface area contributed by atoms with Gasteiger partial charge in [-0.05, 0) is 24.3 Å². The van der Waals surface area contributed by atoms with Crippen LogP contribution < -0.4 is 5.32 Å². The summed E-state index contributed by atoms with van der Waals surface area (Å²) in [5, 5.41) is 2.89. The van der Waals surface area contributed by atoms with E-state index in [1.54, 1.807) is 0 Å². The molecule has 0 aromatic heterocycles. The van der Waals surface area contributed by atoms with Gasteiger partial charge >= 0.3 is 6.09 Å². The van der Waals surface area contributed by atoms with Crippen LogP contribution in [0.25, 0.3) is 0 Å². The molecule has 0 saturated carbocycles. The summed E-state index contributed by atoms with van der Waals surface area (Å²) in [4.78, 5) is 25.9. The molecule has 5 heteroatoms. The van der Waals surface area contributed by atoms with E-state index in [2.05, 4.69) is 12.2 Å². The van der Waals surface area contributed by atoms with Crippen LogP contribution in [-0.2, 0) is 16.1 Å². The van der Waals surface area contributed by atoms with Gasteiger partial charge in [0.2, 0.25) is 5.91 Å². The van der Waals surface area contributed by atoms with Crippen LogP contribution in [-0.4, -0.2) is 36.0 Å². The Morgan fingerprint density at radius 3 is 2.70 bits per heavy atom. The van der Waals surface area contributed by atoms with Crippen molar-refractivity contribution < 1.29 is 14.3 Å². The van der Waals surface area contributed by atoms with Crippen molar-refractivity contribution in [3.05, 3.63) is 35.9 Å². The SMILES string of the molecule is CCCC(=O)N1CC(C)CC(NC(=O)OCc2ccccc2)C1. The van der Waals surface area contributed by atoms with Gasteiger partial charge in [0.15, 0.2) is 0 Å². The number of benzene rings is 1. The van der Waals surface area contributed by atoms with E-state index in [1.165, 1.54) is 0 Å². The molecule has 1 heterocycles. The van der Waals surface area contributed by atoms with Gasteiger partial charge in [0.1, 0.15) is 6.61 Å². The van der Waals surface area contributed by atoms with Gasteiger partial charge in [-0.25, -0.2) is 4.79 Å². The van der Waals surface area contributed by atoms with Crippen molar-refractivity contribution in [1.82, 2.24) is 10.2 Å². The molecule has 2 rings (SSSR count). The van der Waals surface area contributed by atoms with Gasteiger partial charge in [-0.3, -0.25) is 4.79 Å². The molecule has 5 nitrogen and oxygen atoms in total. The molecule has 2 amide bonds. The fourth-order valence-electron chi connectivity index (χ4n) is 2.96. The van der Waals surface area contributed by atoms with E-state index in [4.69, 9.17) is 4.74 Å². The molecule has 0 bridgehead atoms. The lowest BCUT2D eigenvalue weighted by atomic mass is 9.95. The molecule has 1 aromatic rings. The van der Waals surface area contributed by atoms with Crippen molar-refractivity contribution in [3.63, 3.8) is 0 Å². The molecule has 23 heavy (non-hydrogen) atoms. The number of nitrogens with one attached hydrogen (secondary N) is 1. The summed E-state index contributed by atoms with van der Waals surface area (Å²) in [7, 11) is 0. The standard InChI is InChI=1S/C18H26N2O3/c1-3-7-17(21)20-11-14(2)10-16(12-20)19-18(22)23-13-15-8-5-4-6-9-15/h4-6,8-9,14,16H,3,7,10-13H2,1-2H3,(H,19,22). The summed E-state index contributed by atoms with van der Waals surface area (Å²) in [5.41, 5.74) is 0.958. The number of carbonyl (C=O) groups is 2. The zero-order valence-corrected chi connectivity index (χ0v) is 14.0. The predicted molar refractivity (Wildman–Crippen MR) is 88.8 cm³/mol. The minimum Gasteiger partial charge on any atom is -0.445 e. The second-order valence-electron chi connectivity index (χ2n) is 6.29. The molecule has 2 atom stereocenters. The molecule has 0 aliphatic carbocycles. The first-order chi connectivity index (χ1) is 11.1. The van der Waals surface area contributed by atoms with Crippen LogP contribution in [0.1, 0.15) is 38.7 Å². The highest BCUT2D eigenvalue weighted by atomic mass is 16.5. The summed E-state index contributed by atoms with van der Waals surface area (Å²) in [6, 6.07) is 9.55. The largest absolute Gasteiger partial charge is 0.445 e. The Labute approximate surface area is 138 Å². The number of rotatable bonds is 5. The molecule has 1 aromatic carbocycles. The highest BCUT2D eigenvalue weighted by molar-refractivity contribution is 5.76. The lowest BCUT2D eigenvalue weighted by Gasteiger charge is -2.36. The number of carbonyl (C=O) groups excluding carboxylic acids is 2. The number of hydrogen-bond acceptors (Lipinski definition) is 3. The third-order valence-electron chi connectivity index (χ3n) is 4.01. The van der Waals surface area contributed by atoms with Gasteiger partial charge in [0, 0.05) is 19.5 Å². The van der Waals surface area contributed by atoms with Crippen LogP contribution in [0, 0.1) is 5.92 Å². The minimum absolute atomic E-state index is 0.0390. The number of alkyl carbamates (subject to hydrolysis) is 1. The fraction of sp³-hybridized carbons (Fsp3) is 0.556. The summed E-state index contributed by atoms with van der Waals surface area (Å²) < 4.78 is 5.26. The van der Waals surface area contributed by atoms with E-state index in [-0.39, 0.29) is 18.6 Å². The molecule has 0 spiro atoms. The minimum atomic E-state index is -0.421. The number of ether oxygens (including phenoxy) is 1. The van der Waals surface area contributed by atoms with Crippen molar-refractivity contribution in [2.24, 2.45) is 5.92 Å². The van der Waals surface area contributed by atoms with Gasteiger partial charge in [-0.1, -0.05) is 44.2 Å². The summed E-state index contributed by atoms with van der Waals surface area (Å²) in [6.45, 7) is 5.71. The van der Waals surface area contributed by atoms with E-state index in [1.807, 2.05) is 42.2 Å². The van der Waals surface area contributed by atoms with E-state index in [0.717, 1.165) is 24.9 Å².